The zero-order valence-corrected chi connectivity index (χ0v) is 17.3. The second kappa shape index (κ2) is 8.81. The minimum Gasteiger partial charge on any atom is -0.333 e. The van der Waals surface area contributed by atoms with Gasteiger partial charge in [0.2, 0.25) is 0 Å². The first kappa shape index (κ1) is 19.8. The Morgan fingerprint density at radius 2 is 2.00 bits per heavy atom. The third-order valence-corrected chi connectivity index (χ3v) is 5.59. The van der Waals surface area contributed by atoms with Gasteiger partial charge >= 0.3 is 0 Å². The molecular formula is C21H20BrN5O. The SMILES string of the molecule is Cc1nn(-c2ccc(C(=O)N(CCC#N)Cc3cccnc3)cc2)c(C)c1Br. The van der Waals surface area contributed by atoms with Gasteiger partial charge in [-0.2, -0.15) is 10.4 Å². The molecular weight excluding hydrogens is 418 g/mol. The van der Waals surface area contributed by atoms with E-state index in [1.54, 1.807) is 29.4 Å². The molecule has 0 atom stereocenters. The van der Waals surface area contributed by atoms with Gasteiger partial charge in [0.15, 0.2) is 0 Å². The Morgan fingerprint density at radius 1 is 1.25 bits per heavy atom. The van der Waals surface area contributed by atoms with Crippen LogP contribution in [0.3, 0.4) is 0 Å². The highest BCUT2D eigenvalue weighted by Crippen LogP contribution is 2.23. The Balaban J connectivity index is 1.82. The molecule has 0 aliphatic rings. The van der Waals surface area contributed by atoms with E-state index >= 15 is 0 Å². The maximum Gasteiger partial charge on any atom is 0.254 e. The van der Waals surface area contributed by atoms with E-state index in [9.17, 15) is 4.79 Å². The number of halogens is 1. The first-order valence-corrected chi connectivity index (χ1v) is 9.68. The highest BCUT2D eigenvalue weighted by Gasteiger charge is 2.17. The van der Waals surface area contributed by atoms with E-state index in [0.29, 0.717) is 18.7 Å². The lowest BCUT2D eigenvalue weighted by Gasteiger charge is -2.22. The molecule has 0 saturated carbocycles. The van der Waals surface area contributed by atoms with Crippen LogP contribution in [0.4, 0.5) is 0 Å². The van der Waals surface area contributed by atoms with Gasteiger partial charge in [-0.25, -0.2) is 4.68 Å². The smallest absolute Gasteiger partial charge is 0.254 e. The molecule has 0 saturated heterocycles. The minimum atomic E-state index is -0.111. The molecule has 3 rings (SSSR count). The van der Waals surface area contributed by atoms with Gasteiger partial charge in [0.25, 0.3) is 5.91 Å². The zero-order chi connectivity index (χ0) is 20.1. The van der Waals surface area contributed by atoms with Crippen LogP contribution in [0.15, 0.2) is 53.3 Å². The van der Waals surface area contributed by atoms with Crippen LogP contribution in [0.1, 0.15) is 33.7 Å². The fourth-order valence-electron chi connectivity index (χ4n) is 2.95. The van der Waals surface area contributed by atoms with Crippen molar-refractivity contribution in [2.24, 2.45) is 0 Å². The Hall–Kier alpha value is -2.98. The van der Waals surface area contributed by atoms with Crippen molar-refractivity contribution in [1.82, 2.24) is 19.7 Å². The molecule has 0 spiro atoms. The Kier molecular flexibility index (Phi) is 6.22. The highest BCUT2D eigenvalue weighted by atomic mass is 79.9. The first-order chi connectivity index (χ1) is 13.5. The molecule has 3 aromatic rings. The van der Waals surface area contributed by atoms with Gasteiger partial charge in [0.1, 0.15) is 0 Å². The van der Waals surface area contributed by atoms with Gasteiger partial charge in [-0.05, 0) is 65.7 Å². The molecule has 0 unspecified atom stereocenters. The molecule has 7 heteroatoms. The Morgan fingerprint density at radius 3 is 2.57 bits per heavy atom. The first-order valence-electron chi connectivity index (χ1n) is 8.88. The summed E-state index contributed by atoms with van der Waals surface area (Å²) in [4.78, 5) is 18.8. The van der Waals surface area contributed by atoms with E-state index in [2.05, 4.69) is 32.1 Å². The van der Waals surface area contributed by atoms with Gasteiger partial charge in [-0.3, -0.25) is 9.78 Å². The summed E-state index contributed by atoms with van der Waals surface area (Å²) in [5, 5.41) is 13.4. The summed E-state index contributed by atoms with van der Waals surface area (Å²) in [6.45, 7) is 4.72. The van der Waals surface area contributed by atoms with Crippen LogP contribution in [0.2, 0.25) is 0 Å². The fraction of sp³-hybridized carbons (Fsp3) is 0.238. The third kappa shape index (κ3) is 4.29. The molecule has 28 heavy (non-hydrogen) atoms. The number of carbonyl (C=O) groups is 1. The molecule has 2 heterocycles. The Labute approximate surface area is 172 Å². The monoisotopic (exact) mass is 437 g/mol. The summed E-state index contributed by atoms with van der Waals surface area (Å²) in [5.74, 6) is -0.111. The summed E-state index contributed by atoms with van der Waals surface area (Å²) in [6, 6.07) is 13.2. The topological polar surface area (TPSA) is 74.8 Å². The van der Waals surface area contributed by atoms with Gasteiger partial charge in [0, 0.05) is 31.0 Å². The van der Waals surface area contributed by atoms with Crippen LogP contribution in [-0.2, 0) is 6.54 Å². The molecule has 0 fully saturated rings. The molecule has 1 aromatic carbocycles. The number of hydrogen-bond acceptors (Lipinski definition) is 4. The van der Waals surface area contributed by atoms with Gasteiger partial charge in [-0.15, -0.1) is 0 Å². The summed E-state index contributed by atoms with van der Waals surface area (Å²) in [7, 11) is 0. The number of pyridine rings is 1. The zero-order valence-electron chi connectivity index (χ0n) is 15.8. The van der Waals surface area contributed by atoms with Crippen molar-refractivity contribution in [3.8, 4) is 11.8 Å². The molecule has 1 amide bonds. The number of rotatable bonds is 6. The van der Waals surface area contributed by atoms with E-state index in [4.69, 9.17) is 5.26 Å². The largest absolute Gasteiger partial charge is 0.333 e. The maximum absolute atomic E-state index is 13.0. The van der Waals surface area contributed by atoms with Crippen LogP contribution in [0, 0.1) is 25.2 Å². The van der Waals surface area contributed by atoms with Crippen molar-refractivity contribution < 1.29 is 4.79 Å². The maximum atomic E-state index is 13.0. The average Bonchev–Trinajstić information content (AvgIpc) is 2.99. The second-order valence-electron chi connectivity index (χ2n) is 6.44. The lowest BCUT2D eigenvalue weighted by atomic mass is 10.1. The second-order valence-corrected chi connectivity index (χ2v) is 7.23. The van der Waals surface area contributed by atoms with Crippen LogP contribution < -0.4 is 0 Å². The van der Waals surface area contributed by atoms with E-state index in [1.165, 1.54) is 0 Å². The van der Waals surface area contributed by atoms with Gasteiger partial charge < -0.3 is 4.90 Å². The number of nitriles is 1. The van der Waals surface area contributed by atoms with Gasteiger partial charge in [0.05, 0.1) is 34.0 Å². The van der Waals surface area contributed by atoms with E-state index in [0.717, 1.165) is 27.1 Å². The molecule has 142 valence electrons. The quantitative estimate of drug-likeness (QED) is 0.578. The molecule has 0 aliphatic heterocycles. The predicted octanol–water partition coefficient (Wildman–Crippen LogP) is 4.20. The number of aryl methyl sites for hydroxylation is 1. The van der Waals surface area contributed by atoms with E-state index < -0.39 is 0 Å². The fourth-order valence-corrected chi connectivity index (χ4v) is 3.20. The molecule has 6 nitrogen and oxygen atoms in total. The number of amides is 1. The third-order valence-electron chi connectivity index (χ3n) is 4.44. The number of nitrogens with zero attached hydrogens (tertiary/aromatic N) is 5. The van der Waals surface area contributed by atoms with Crippen molar-refractivity contribution in [3.63, 3.8) is 0 Å². The lowest BCUT2D eigenvalue weighted by Crippen LogP contribution is -2.31. The number of hydrogen-bond donors (Lipinski definition) is 0. The number of aromatic nitrogens is 3. The van der Waals surface area contributed by atoms with Crippen molar-refractivity contribution in [3.05, 3.63) is 75.8 Å². The van der Waals surface area contributed by atoms with Crippen LogP contribution in [-0.4, -0.2) is 32.1 Å². The molecule has 0 bridgehead atoms. The predicted molar refractivity (Wildman–Crippen MR) is 110 cm³/mol. The highest BCUT2D eigenvalue weighted by molar-refractivity contribution is 9.10. The normalized spacial score (nSPS) is 10.5. The molecule has 0 aliphatic carbocycles. The Bertz CT molecular complexity index is 1010. The van der Waals surface area contributed by atoms with Crippen molar-refractivity contribution in [2.45, 2.75) is 26.8 Å². The molecule has 2 aromatic heterocycles. The van der Waals surface area contributed by atoms with Crippen LogP contribution >= 0.6 is 15.9 Å². The number of benzene rings is 1. The lowest BCUT2D eigenvalue weighted by molar-refractivity contribution is 0.0746. The van der Waals surface area contributed by atoms with Crippen LogP contribution in [0.25, 0.3) is 5.69 Å². The van der Waals surface area contributed by atoms with E-state index in [-0.39, 0.29) is 12.3 Å². The van der Waals surface area contributed by atoms with Gasteiger partial charge in [-0.1, -0.05) is 6.07 Å². The summed E-state index contributed by atoms with van der Waals surface area (Å²) < 4.78 is 2.82. The summed E-state index contributed by atoms with van der Waals surface area (Å²) >= 11 is 3.53. The number of carbonyl (C=O) groups excluding carboxylic acids is 1. The average molecular weight is 438 g/mol. The van der Waals surface area contributed by atoms with Crippen molar-refractivity contribution >= 4 is 21.8 Å². The van der Waals surface area contributed by atoms with E-state index in [1.807, 2.05) is 42.8 Å². The van der Waals surface area contributed by atoms with Crippen molar-refractivity contribution in [2.75, 3.05) is 6.54 Å². The molecule has 0 radical (unpaired) electrons. The van der Waals surface area contributed by atoms with Crippen LogP contribution in [0.5, 0.6) is 0 Å². The minimum absolute atomic E-state index is 0.111. The standard InChI is InChI=1S/C21H20BrN5O/c1-15-20(22)16(2)27(25-15)19-8-6-18(7-9-19)21(28)26(12-4-10-23)14-17-5-3-11-24-13-17/h3,5-9,11,13H,4,12,14H2,1-2H3. The summed E-state index contributed by atoms with van der Waals surface area (Å²) in [6.07, 6.45) is 3.71. The summed E-state index contributed by atoms with van der Waals surface area (Å²) in [5.41, 5.74) is 4.31. The molecule has 0 N–H and O–H groups in total. The van der Waals surface area contributed by atoms with Crippen molar-refractivity contribution in [1.29, 1.82) is 5.26 Å².